The van der Waals surface area contributed by atoms with Crippen LogP contribution in [0, 0.1) is 11.6 Å². The Labute approximate surface area is 116 Å². The Morgan fingerprint density at radius 2 is 2.05 bits per heavy atom. The van der Waals surface area contributed by atoms with Crippen LogP contribution in [0.4, 0.5) is 20.4 Å². The molecule has 0 aromatic carbocycles. The number of hydrogen-bond donors (Lipinski definition) is 2. The first-order valence-electron chi connectivity index (χ1n) is 6.18. The van der Waals surface area contributed by atoms with Gasteiger partial charge in [0.15, 0.2) is 23.3 Å². The molecule has 0 saturated carbocycles. The summed E-state index contributed by atoms with van der Waals surface area (Å²) in [4.78, 5) is 18.4. The second-order valence-electron chi connectivity index (χ2n) is 4.48. The minimum Gasteiger partial charge on any atom is -0.347 e. The van der Waals surface area contributed by atoms with Gasteiger partial charge in [-0.25, -0.2) is 19.6 Å². The van der Waals surface area contributed by atoms with Crippen LogP contribution in [-0.4, -0.2) is 43.0 Å². The number of carbonyl (C=O) groups excluding carboxylic acids is 1. The molecular formula is C12H19F2N5O. The van der Waals surface area contributed by atoms with Gasteiger partial charge in [-0.1, -0.05) is 6.92 Å². The number of halogens is 2. The lowest BCUT2D eigenvalue weighted by atomic mass is 10.3. The largest absolute Gasteiger partial charge is 0.347 e. The number of carbonyl (C=O) groups is 1. The van der Waals surface area contributed by atoms with E-state index in [-0.39, 0.29) is 24.1 Å². The molecule has 1 aromatic heterocycles. The van der Waals surface area contributed by atoms with E-state index >= 15 is 0 Å². The molecule has 0 fully saturated rings. The summed E-state index contributed by atoms with van der Waals surface area (Å²) in [6.45, 7) is 2.26. The van der Waals surface area contributed by atoms with Crippen molar-refractivity contribution in [3.8, 4) is 0 Å². The van der Waals surface area contributed by atoms with Crippen molar-refractivity contribution in [3.05, 3.63) is 17.7 Å². The molecule has 1 amide bonds. The van der Waals surface area contributed by atoms with Crippen molar-refractivity contribution in [2.45, 2.75) is 13.3 Å². The number of nitrogens with two attached hydrogens (primary N) is 1. The van der Waals surface area contributed by atoms with Crippen LogP contribution in [-0.2, 0) is 4.79 Å². The Bertz CT molecular complexity index is 481. The maximum Gasteiger partial charge on any atom is 0.241 e. The van der Waals surface area contributed by atoms with Crippen molar-refractivity contribution in [3.63, 3.8) is 0 Å². The molecule has 1 aromatic rings. The number of hydrogen-bond acceptors (Lipinski definition) is 5. The van der Waals surface area contributed by atoms with Crippen molar-refractivity contribution in [2.75, 3.05) is 37.5 Å². The standard InChI is InChI=1S/C12H19F2N5O/c1-4-5-19(7-10(20)18(2)3)12-9(14)6-8(13)11(16-12)17-15/h6H,4-5,7,15H2,1-3H3,(H,16,17). The Balaban J connectivity index is 3.10. The number of nitrogens with one attached hydrogen (secondary N) is 1. The molecule has 3 N–H and O–H groups in total. The van der Waals surface area contributed by atoms with Crippen molar-refractivity contribution >= 4 is 17.5 Å². The molecule has 0 unspecified atom stereocenters. The van der Waals surface area contributed by atoms with Gasteiger partial charge in [0.05, 0.1) is 6.54 Å². The molecule has 8 heteroatoms. The topological polar surface area (TPSA) is 74.5 Å². The van der Waals surface area contributed by atoms with Crippen LogP contribution in [0.2, 0.25) is 0 Å². The highest BCUT2D eigenvalue weighted by Gasteiger charge is 2.19. The van der Waals surface area contributed by atoms with E-state index in [1.54, 1.807) is 14.1 Å². The molecule has 0 bridgehead atoms. The molecule has 0 aliphatic rings. The molecule has 0 aliphatic heterocycles. The fourth-order valence-electron chi connectivity index (χ4n) is 1.61. The molecule has 0 aliphatic carbocycles. The van der Waals surface area contributed by atoms with E-state index in [2.05, 4.69) is 10.4 Å². The lowest BCUT2D eigenvalue weighted by Gasteiger charge is -2.25. The van der Waals surface area contributed by atoms with Crippen molar-refractivity contribution in [1.29, 1.82) is 0 Å². The Morgan fingerprint density at radius 3 is 2.55 bits per heavy atom. The van der Waals surface area contributed by atoms with Gasteiger partial charge in [-0.05, 0) is 6.42 Å². The van der Waals surface area contributed by atoms with Crippen molar-refractivity contribution in [2.24, 2.45) is 5.84 Å². The van der Waals surface area contributed by atoms with Crippen LogP contribution in [0.25, 0.3) is 0 Å². The van der Waals surface area contributed by atoms with Gasteiger partial charge in [0.2, 0.25) is 5.91 Å². The predicted octanol–water partition coefficient (Wildman–Crippen LogP) is 0.950. The second kappa shape index (κ2) is 6.99. The summed E-state index contributed by atoms with van der Waals surface area (Å²) < 4.78 is 27.2. The van der Waals surface area contributed by atoms with Crippen molar-refractivity contribution < 1.29 is 13.6 Å². The Morgan fingerprint density at radius 1 is 1.40 bits per heavy atom. The van der Waals surface area contributed by atoms with Crippen LogP contribution in [0.5, 0.6) is 0 Å². The fraction of sp³-hybridized carbons (Fsp3) is 0.500. The third kappa shape index (κ3) is 3.77. The van der Waals surface area contributed by atoms with Crippen LogP contribution >= 0.6 is 0 Å². The normalized spacial score (nSPS) is 10.3. The molecule has 20 heavy (non-hydrogen) atoms. The zero-order chi connectivity index (χ0) is 15.3. The number of likely N-dealkylation sites (N-methyl/N-ethyl adjacent to an activating group) is 1. The first-order valence-corrected chi connectivity index (χ1v) is 6.18. The zero-order valence-electron chi connectivity index (χ0n) is 11.8. The number of rotatable bonds is 6. The summed E-state index contributed by atoms with van der Waals surface area (Å²) in [7, 11) is 3.21. The van der Waals surface area contributed by atoms with Gasteiger partial charge in [0, 0.05) is 26.7 Å². The molecule has 6 nitrogen and oxygen atoms in total. The minimum absolute atomic E-state index is 0.0413. The van der Waals surface area contributed by atoms with Gasteiger partial charge in [0.1, 0.15) is 0 Å². The average Bonchev–Trinajstić information content (AvgIpc) is 2.38. The fourth-order valence-corrected chi connectivity index (χ4v) is 1.61. The quantitative estimate of drug-likeness (QED) is 0.602. The monoisotopic (exact) mass is 287 g/mol. The van der Waals surface area contributed by atoms with Crippen LogP contribution in [0.15, 0.2) is 6.07 Å². The van der Waals surface area contributed by atoms with E-state index in [4.69, 9.17) is 5.84 Å². The smallest absolute Gasteiger partial charge is 0.241 e. The SMILES string of the molecule is CCCN(CC(=O)N(C)C)c1nc(NN)c(F)cc1F. The maximum absolute atomic E-state index is 13.9. The summed E-state index contributed by atoms with van der Waals surface area (Å²) in [5, 5.41) is 0. The summed E-state index contributed by atoms with van der Waals surface area (Å²) in [6.07, 6.45) is 0.685. The minimum atomic E-state index is -0.885. The van der Waals surface area contributed by atoms with Gasteiger partial charge < -0.3 is 15.2 Å². The third-order valence-electron chi connectivity index (χ3n) is 2.67. The van der Waals surface area contributed by atoms with Gasteiger partial charge in [-0.2, -0.15) is 0 Å². The number of anilines is 2. The van der Waals surface area contributed by atoms with Crippen LogP contribution in [0.3, 0.4) is 0 Å². The average molecular weight is 287 g/mol. The number of amides is 1. The highest BCUT2D eigenvalue weighted by Crippen LogP contribution is 2.22. The number of nitrogens with zero attached hydrogens (tertiary/aromatic N) is 3. The number of hydrazine groups is 1. The lowest BCUT2D eigenvalue weighted by molar-refractivity contribution is -0.127. The summed E-state index contributed by atoms with van der Waals surface area (Å²) >= 11 is 0. The maximum atomic E-state index is 13.9. The lowest BCUT2D eigenvalue weighted by Crippen LogP contribution is -2.38. The molecule has 0 atom stereocenters. The van der Waals surface area contributed by atoms with Crippen molar-refractivity contribution in [1.82, 2.24) is 9.88 Å². The highest BCUT2D eigenvalue weighted by atomic mass is 19.1. The molecule has 0 radical (unpaired) electrons. The Kier molecular flexibility index (Phi) is 5.63. The van der Waals surface area contributed by atoms with Crippen LogP contribution in [0.1, 0.15) is 13.3 Å². The first kappa shape index (κ1) is 16.1. The summed E-state index contributed by atoms with van der Waals surface area (Å²) in [6, 6.07) is 0.695. The molecule has 112 valence electrons. The van der Waals surface area contributed by atoms with E-state index in [1.165, 1.54) is 9.80 Å². The van der Waals surface area contributed by atoms with E-state index in [9.17, 15) is 13.6 Å². The van der Waals surface area contributed by atoms with E-state index in [0.29, 0.717) is 19.0 Å². The number of aromatic nitrogens is 1. The zero-order valence-corrected chi connectivity index (χ0v) is 11.8. The second-order valence-corrected chi connectivity index (χ2v) is 4.48. The summed E-state index contributed by atoms with van der Waals surface area (Å²) in [5.41, 5.74) is 2.06. The summed E-state index contributed by atoms with van der Waals surface area (Å²) in [5.74, 6) is 2.84. The van der Waals surface area contributed by atoms with Gasteiger partial charge >= 0.3 is 0 Å². The first-order chi connectivity index (χ1) is 9.40. The molecule has 1 heterocycles. The van der Waals surface area contributed by atoms with E-state index in [1.807, 2.05) is 6.92 Å². The highest BCUT2D eigenvalue weighted by molar-refractivity contribution is 5.80. The molecule has 0 saturated heterocycles. The van der Waals surface area contributed by atoms with Crippen LogP contribution < -0.4 is 16.2 Å². The third-order valence-corrected chi connectivity index (χ3v) is 2.67. The van der Waals surface area contributed by atoms with E-state index < -0.39 is 11.6 Å². The molecular weight excluding hydrogens is 268 g/mol. The van der Waals surface area contributed by atoms with Gasteiger partial charge in [-0.15, -0.1) is 0 Å². The number of pyridine rings is 1. The van der Waals surface area contributed by atoms with E-state index in [0.717, 1.165) is 0 Å². The molecule has 0 spiro atoms. The predicted molar refractivity (Wildman–Crippen MR) is 73.2 cm³/mol. The number of nitrogen functional groups attached to an aromatic ring is 1. The van der Waals surface area contributed by atoms with Gasteiger partial charge in [0.25, 0.3) is 0 Å². The Hall–Kier alpha value is -1.96. The van der Waals surface area contributed by atoms with Gasteiger partial charge in [-0.3, -0.25) is 4.79 Å². The molecule has 1 rings (SSSR count).